The molecule has 0 aliphatic rings. The minimum atomic E-state index is -4.68. The van der Waals surface area contributed by atoms with Gasteiger partial charge in [0.25, 0.3) is 0 Å². The summed E-state index contributed by atoms with van der Waals surface area (Å²) in [6.45, 7) is 1.95. The van der Waals surface area contributed by atoms with E-state index in [1.807, 2.05) is 19.1 Å². The van der Waals surface area contributed by atoms with Crippen LogP contribution in [0.3, 0.4) is 0 Å². The number of aliphatic hydroxyl groups excluding tert-OH is 1. The van der Waals surface area contributed by atoms with E-state index in [1.54, 1.807) is 0 Å². The molecule has 1 aromatic heterocycles. The van der Waals surface area contributed by atoms with E-state index in [9.17, 15) is 18.3 Å². The summed E-state index contributed by atoms with van der Waals surface area (Å²) in [5.41, 5.74) is 0.748. The summed E-state index contributed by atoms with van der Waals surface area (Å²) < 4.78 is 39.8. The molecule has 0 radical (unpaired) electrons. The van der Waals surface area contributed by atoms with Crippen LogP contribution in [-0.4, -0.2) is 11.5 Å². The second-order valence-corrected chi connectivity index (χ2v) is 5.68. The first kappa shape index (κ1) is 14.9. The second kappa shape index (κ2) is 5.85. The summed E-state index contributed by atoms with van der Waals surface area (Å²) in [5, 5.41) is 10.0. The maximum atomic E-state index is 12.0. The summed E-state index contributed by atoms with van der Waals surface area (Å²) >= 11 is 1.50. The Morgan fingerprint density at radius 2 is 1.80 bits per heavy atom. The van der Waals surface area contributed by atoms with E-state index in [-0.39, 0.29) is 5.75 Å². The smallest absolute Gasteiger partial charge is 0.406 e. The number of aliphatic hydroxyl groups is 1. The highest BCUT2D eigenvalue weighted by Crippen LogP contribution is 2.27. The molecule has 1 aromatic carbocycles. The largest absolute Gasteiger partial charge is 0.573 e. The van der Waals surface area contributed by atoms with Gasteiger partial charge in [0.2, 0.25) is 0 Å². The fraction of sp³-hybridized carbons (Fsp3) is 0.286. The van der Waals surface area contributed by atoms with Crippen molar-refractivity contribution in [2.75, 3.05) is 0 Å². The molecule has 0 fully saturated rings. The maximum absolute atomic E-state index is 12.0. The van der Waals surface area contributed by atoms with Gasteiger partial charge in [0.15, 0.2) is 0 Å². The molecule has 0 aliphatic carbocycles. The molecule has 108 valence electrons. The first-order valence-corrected chi connectivity index (χ1v) is 6.74. The number of aryl methyl sites for hydroxylation is 1. The predicted octanol–water partition coefficient (Wildman–Crippen LogP) is 4.23. The van der Waals surface area contributed by atoms with Crippen molar-refractivity contribution in [2.24, 2.45) is 0 Å². The highest BCUT2D eigenvalue weighted by atomic mass is 32.1. The Labute approximate surface area is 118 Å². The van der Waals surface area contributed by atoms with Crippen LogP contribution in [0, 0.1) is 6.92 Å². The van der Waals surface area contributed by atoms with Crippen molar-refractivity contribution in [1.29, 1.82) is 0 Å². The van der Waals surface area contributed by atoms with Crippen molar-refractivity contribution in [2.45, 2.75) is 25.8 Å². The summed E-state index contributed by atoms with van der Waals surface area (Å²) in [6, 6.07) is 9.30. The molecule has 1 heterocycles. The first-order valence-electron chi connectivity index (χ1n) is 5.92. The Balaban J connectivity index is 2.00. The fourth-order valence-corrected chi connectivity index (χ4v) is 2.65. The average Bonchev–Trinajstić information content (AvgIpc) is 2.77. The van der Waals surface area contributed by atoms with Crippen LogP contribution in [0.15, 0.2) is 36.4 Å². The van der Waals surface area contributed by atoms with Crippen LogP contribution in [0.1, 0.15) is 21.4 Å². The van der Waals surface area contributed by atoms with E-state index in [4.69, 9.17) is 0 Å². The second-order valence-electron chi connectivity index (χ2n) is 4.36. The van der Waals surface area contributed by atoms with Gasteiger partial charge >= 0.3 is 6.36 Å². The maximum Gasteiger partial charge on any atom is 0.573 e. The van der Waals surface area contributed by atoms with Gasteiger partial charge in [-0.1, -0.05) is 12.1 Å². The van der Waals surface area contributed by atoms with Crippen LogP contribution in [0.5, 0.6) is 5.75 Å². The molecule has 1 atom stereocenters. The Morgan fingerprint density at radius 3 is 2.30 bits per heavy atom. The van der Waals surface area contributed by atoms with Crippen molar-refractivity contribution in [3.05, 3.63) is 51.7 Å². The summed E-state index contributed by atoms with van der Waals surface area (Å²) in [7, 11) is 0. The Hall–Kier alpha value is -1.53. The van der Waals surface area contributed by atoms with Gasteiger partial charge in [-0.25, -0.2) is 0 Å². The van der Waals surface area contributed by atoms with Gasteiger partial charge in [0.1, 0.15) is 5.75 Å². The van der Waals surface area contributed by atoms with E-state index < -0.39 is 12.5 Å². The van der Waals surface area contributed by atoms with Crippen molar-refractivity contribution in [3.63, 3.8) is 0 Å². The Kier molecular flexibility index (Phi) is 4.35. The number of ether oxygens (including phenoxy) is 1. The molecule has 2 aromatic rings. The average molecular weight is 302 g/mol. The molecule has 0 bridgehead atoms. The number of benzene rings is 1. The Morgan fingerprint density at radius 1 is 1.15 bits per heavy atom. The Bertz CT molecular complexity index is 561. The molecule has 6 heteroatoms. The highest BCUT2D eigenvalue weighted by molar-refractivity contribution is 7.12. The van der Waals surface area contributed by atoms with E-state index >= 15 is 0 Å². The molecule has 2 nitrogen and oxygen atoms in total. The quantitative estimate of drug-likeness (QED) is 0.915. The monoisotopic (exact) mass is 302 g/mol. The number of hydrogen-bond acceptors (Lipinski definition) is 3. The fourth-order valence-electron chi connectivity index (χ4n) is 1.78. The van der Waals surface area contributed by atoms with Crippen LogP contribution in [0.25, 0.3) is 0 Å². The molecule has 0 aliphatic heterocycles. The summed E-state index contributed by atoms with van der Waals surface area (Å²) in [5.74, 6) is -0.261. The standard InChI is InChI=1S/C14H13F3O2S/c1-9-2-7-13(20-9)12(18)8-10-3-5-11(6-4-10)19-14(15,16)17/h2-7,12,18H,8H2,1H3. The highest BCUT2D eigenvalue weighted by Gasteiger charge is 2.30. The van der Waals surface area contributed by atoms with E-state index in [1.165, 1.54) is 35.6 Å². The molecule has 0 saturated heterocycles. The number of alkyl halides is 3. The molecule has 2 rings (SSSR count). The summed E-state index contributed by atoms with van der Waals surface area (Å²) in [6.07, 6.45) is -4.98. The minimum absolute atomic E-state index is 0.261. The lowest BCUT2D eigenvalue weighted by molar-refractivity contribution is -0.274. The van der Waals surface area contributed by atoms with Crippen LogP contribution in [0.4, 0.5) is 13.2 Å². The SMILES string of the molecule is Cc1ccc(C(O)Cc2ccc(OC(F)(F)F)cc2)s1. The zero-order chi connectivity index (χ0) is 14.8. The van der Waals surface area contributed by atoms with Gasteiger partial charge in [0, 0.05) is 16.2 Å². The van der Waals surface area contributed by atoms with Crippen molar-refractivity contribution >= 4 is 11.3 Å². The topological polar surface area (TPSA) is 29.5 Å². The van der Waals surface area contributed by atoms with Gasteiger partial charge in [0.05, 0.1) is 6.10 Å². The normalized spacial score (nSPS) is 13.2. The summed E-state index contributed by atoms with van der Waals surface area (Å²) in [4.78, 5) is 1.95. The third kappa shape index (κ3) is 4.25. The third-order valence-electron chi connectivity index (χ3n) is 2.68. The third-order valence-corrected chi connectivity index (χ3v) is 3.78. The minimum Gasteiger partial charge on any atom is -0.406 e. The van der Waals surface area contributed by atoms with Gasteiger partial charge in [-0.2, -0.15) is 0 Å². The van der Waals surface area contributed by atoms with Gasteiger partial charge in [-0.05, 0) is 36.8 Å². The number of rotatable bonds is 4. The van der Waals surface area contributed by atoms with Gasteiger partial charge in [-0.15, -0.1) is 24.5 Å². The van der Waals surface area contributed by atoms with Crippen molar-refractivity contribution in [3.8, 4) is 5.75 Å². The lowest BCUT2D eigenvalue weighted by Gasteiger charge is -2.11. The number of halogens is 3. The lowest BCUT2D eigenvalue weighted by atomic mass is 10.1. The van der Waals surface area contributed by atoms with E-state index in [0.29, 0.717) is 6.42 Å². The van der Waals surface area contributed by atoms with E-state index in [0.717, 1.165) is 15.3 Å². The number of hydrogen-bond donors (Lipinski definition) is 1. The van der Waals surface area contributed by atoms with E-state index in [2.05, 4.69) is 4.74 Å². The first-order chi connectivity index (χ1) is 9.33. The lowest BCUT2D eigenvalue weighted by Crippen LogP contribution is -2.17. The van der Waals surface area contributed by atoms with Crippen LogP contribution < -0.4 is 4.74 Å². The molecule has 1 N–H and O–H groups in total. The van der Waals surface area contributed by atoms with Crippen molar-refractivity contribution in [1.82, 2.24) is 0 Å². The molecule has 1 unspecified atom stereocenters. The molecule has 0 saturated carbocycles. The zero-order valence-electron chi connectivity index (χ0n) is 10.6. The van der Waals surface area contributed by atoms with Crippen LogP contribution >= 0.6 is 11.3 Å². The zero-order valence-corrected chi connectivity index (χ0v) is 11.5. The van der Waals surface area contributed by atoms with Crippen molar-refractivity contribution < 1.29 is 23.0 Å². The molecular weight excluding hydrogens is 289 g/mol. The molecular formula is C14H13F3O2S. The molecule has 20 heavy (non-hydrogen) atoms. The molecule has 0 spiro atoms. The van der Waals surface area contributed by atoms with Crippen LogP contribution in [0.2, 0.25) is 0 Å². The van der Waals surface area contributed by atoms with Gasteiger partial charge < -0.3 is 9.84 Å². The van der Waals surface area contributed by atoms with Gasteiger partial charge in [-0.3, -0.25) is 0 Å². The molecule has 0 amide bonds. The number of thiophene rings is 1. The van der Waals surface area contributed by atoms with Crippen LogP contribution in [-0.2, 0) is 6.42 Å². The predicted molar refractivity (Wildman–Crippen MR) is 70.8 cm³/mol.